The summed E-state index contributed by atoms with van der Waals surface area (Å²) >= 11 is 6.12. The van der Waals surface area contributed by atoms with Crippen molar-refractivity contribution in [3.8, 4) is 0 Å². The van der Waals surface area contributed by atoms with Crippen molar-refractivity contribution in [1.82, 2.24) is 10.2 Å². The van der Waals surface area contributed by atoms with Crippen LogP contribution in [0.2, 0.25) is 5.02 Å². The molecular weight excluding hydrogens is 280 g/mol. The minimum Gasteiger partial charge on any atom is -0.316 e. The summed E-state index contributed by atoms with van der Waals surface area (Å²) < 4.78 is 0. The molecule has 1 saturated carbocycles. The second kappa shape index (κ2) is 6.68. The first kappa shape index (κ1) is 16.8. The summed E-state index contributed by atoms with van der Waals surface area (Å²) in [6.45, 7) is 8.16. The fourth-order valence-electron chi connectivity index (χ4n) is 3.89. The highest BCUT2D eigenvalue weighted by Gasteiger charge is 2.41. The Morgan fingerprint density at radius 3 is 2.76 bits per heavy atom. The molecule has 1 fully saturated rings. The number of nitrogens with one attached hydrogen (secondary N) is 1. The zero-order chi connectivity index (χ0) is 15.6. The number of benzene rings is 1. The number of hydrogen-bond donors (Lipinski definition) is 1. The quantitative estimate of drug-likeness (QED) is 0.869. The first-order chi connectivity index (χ1) is 9.85. The van der Waals surface area contributed by atoms with Gasteiger partial charge in [0.2, 0.25) is 0 Å². The third-order valence-corrected chi connectivity index (χ3v) is 5.53. The van der Waals surface area contributed by atoms with Gasteiger partial charge in [0.15, 0.2) is 0 Å². The van der Waals surface area contributed by atoms with Gasteiger partial charge in [-0.2, -0.15) is 0 Å². The van der Waals surface area contributed by atoms with Crippen LogP contribution in [-0.4, -0.2) is 31.6 Å². The summed E-state index contributed by atoms with van der Waals surface area (Å²) in [6, 6.07) is 9.22. The summed E-state index contributed by atoms with van der Waals surface area (Å²) in [6.07, 6.45) is 2.62. The van der Waals surface area contributed by atoms with Gasteiger partial charge in [0, 0.05) is 23.7 Å². The predicted octanol–water partition coefficient (Wildman–Crippen LogP) is 4.36. The molecule has 1 N–H and O–H groups in total. The Labute approximate surface area is 134 Å². The highest BCUT2D eigenvalue weighted by molar-refractivity contribution is 6.30. The molecule has 1 aliphatic rings. The smallest absolute Gasteiger partial charge is 0.0409 e. The maximum absolute atomic E-state index is 6.12. The summed E-state index contributed by atoms with van der Waals surface area (Å²) in [5.74, 6) is 0.719. The maximum Gasteiger partial charge on any atom is 0.0409 e. The van der Waals surface area contributed by atoms with E-state index >= 15 is 0 Å². The molecule has 2 nitrogen and oxygen atoms in total. The molecule has 3 heteroatoms. The molecule has 21 heavy (non-hydrogen) atoms. The van der Waals surface area contributed by atoms with Crippen LogP contribution < -0.4 is 5.32 Å². The molecule has 0 aliphatic heterocycles. The molecule has 2 rings (SSSR count). The summed E-state index contributed by atoms with van der Waals surface area (Å²) in [7, 11) is 4.33. The monoisotopic (exact) mass is 308 g/mol. The Hall–Kier alpha value is -0.570. The number of rotatable bonds is 5. The van der Waals surface area contributed by atoms with Crippen LogP contribution in [0.5, 0.6) is 0 Å². The minimum atomic E-state index is 0.393. The Bertz CT molecular complexity index is 472. The van der Waals surface area contributed by atoms with Crippen molar-refractivity contribution in [3.05, 3.63) is 34.9 Å². The van der Waals surface area contributed by atoms with Gasteiger partial charge < -0.3 is 5.32 Å². The predicted molar refractivity (Wildman–Crippen MR) is 91.8 cm³/mol. The van der Waals surface area contributed by atoms with Crippen molar-refractivity contribution in [1.29, 1.82) is 0 Å². The van der Waals surface area contributed by atoms with Gasteiger partial charge in [-0.1, -0.05) is 37.6 Å². The zero-order valence-corrected chi connectivity index (χ0v) is 14.7. The molecule has 0 spiro atoms. The number of hydrogen-bond acceptors (Lipinski definition) is 2. The Morgan fingerprint density at radius 1 is 1.43 bits per heavy atom. The second-order valence-corrected chi connectivity index (χ2v) is 7.66. The van der Waals surface area contributed by atoms with Gasteiger partial charge in [-0.25, -0.2) is 0 Å². The van der Waals surface area contributed by atoms with E-state index in [9.17, 15) is 0 Å². The Balaban J connectivity index is 2.03. The molecule has 3 atom stereocenters. The lowest BCUT2D eigenvalue weighted by Gasteiger charge is -2.34. The fourth-order valence-corrected chi connectivity index (χ4v) is 4.09. The Morgan fingerprint density at radius 2 is 2.14 bits per heavy atom. The lowest BCUT2D eigenvalue weighted by atomic mass is 9.84. The average Bonchev–Trinajstić information content (AvgIpc) is 2.72. The third-order valence-electron chi connectivity index (χ3n) is 5.30. The highest BCUT2D eigenvalue weighted by Crippen LogP contribution is 2.41. The van der Waals surface area contributed by atoms with Crippen molar-refractivity contribution in [3.63, 3.8) is 0 Å². The second-order valence-electron chi connectivity index (χ2n) is 7.22. The van der Waals surface area contributed by atoms with E-state index in [1.54, 1.807) is 0 Å². The van der Waals surface area contributed by atoms with Gasteiger partial charge in [0.25, 0.3) is 0 Å². The van der Waals surface area contributed by atoms with Gasteiger partial charge in [0.05, 0.1) is 0 Å². The maximum atomic E-state index is 6.12. The van der Waals surface area contributed by atoms with Crippen LogP contribution in [0.4, 0.5) is 0 Å². The zero-order valence-electron chi connectivity index (χ0n) is 14.0. The lowest BCUT2D eigenvalue weighted by molar-refractivity contribution is 0.182. The normalized spacial score (nSPS) is 26.2. The van der Waals surface area contributed by atoms with Crippen LogP contribution >= 0.6 is 11.6 Å². The molecule has 0 amide bonds. The van der Waals surface area contributed by atoms with Gasteiger partial charge in [-0.3, -0.25) is 4.90 Å². The van der Waals surface area contributed by atoms with E-state index in [-0.39, 0.29) is 0 Å². The van der Waals surface area contributed by atoms with E-state index in [0.29, 0.717) is 17.5 Å². The van der Waals surface area contributed by atoms with E-state index < -0.39 is 0 Å². The molecule has 1 aromatic carbocycles. The molecule has 0 heterocycles. The summed E-state index contributed by atoms with van der Waals surface area (Å²) in [5, 5.41) is 4.37. The van der Waals surface area contributed by atoms with Gasteiger partial charge in [-0.05, 0) is 62.9 Å². The standard InChI is InChI=1S/C18H29ClN2/c1-13(14-7-6-8-16(19)11-14)21(5)12-15-9-10-18(2,3)17(15)20-4/h6-8,11,13,15,17,20H,9-10,12H2,1-5H3. The molecule has 118 valence electrons. The van der Waals surface area contributed by atoms with Crippen LogP contribution in [0.1, 0.15) is 45.2 Å². The molecule has 0 radical (unpaired) electrons. The molecule has 1 aromatic rings. The summed E-state index contributed by atoms with van der Waals surface area (Å²) in [5.41, 5.74) is 1.70. The SMILES string of the molecule is CNC1C(CN(C)C(C)c2cccc(Cl)c2)CCC1(C)C. The highest BCUT2D eigenvalue weighted by atomic mass is 35.5. The van der Waals surface area contributed by atoms with Crippen LogP contribution in [0.3, 0.4) is 0 Å². The van der Waals surface area contributed by atoms with E-state index in [1.165, 1.54) is 18.4 Å². The van der Waals surface area contributed by atoms with Gasteiger partial charge in [0.1, 0.15) is 0 Å². The Kier molecular flexibility index (Phi) is 5.34. The molecule has 0 bridgehead atoms. The van der Waals surface area contributed by atoms with Crippen molar-refractivity contribution in [2.75, 3.05) is 20.6 Å². The van der Waals surface area contributed by atoms with Crippen LogP contribution in [0, 0.1) is 11.3 Å². The van der Waals surface area contributed by atoms with Crippen LogP contribution in [0.25, 0.3) is 0 Å². The van der Waals surface area contributed by atoms with Crippen molar-refractivity contribution < 1.29 is 0 Å². The first-order valence-electron chi connectivity index (χ1n) is 7.98. The van der Waals surface area contributed by atoms with Gasteiger partial charge in [-0.15, -0.1) is 0 Å². The molecule has 3 unspecified atom stereocenters. The first-order valence-corrected chi connectivity index (χ1v) is 8.36. The number of nitrogens with zero attached hydrogens (tertiary/aromatic N) is 1. The van der Waals surface area contributed by atoms with Gasteiger partial charge >= 0.3 is 0 Å². The average molecular weight is 309 g/mol. The molecular formula is C18H29ClN2. The largest absolute Gasteiger partial charge is 0.316 e. The van der Waals surface area contributed by atoms with E-state index in [0.717, 1.165) is 17.5 Å². The summed E-state index contributed by atoms with van der Waals surface area (Å²) in [4.78, 5) is 2.46. The third kappa shape index (κ3) is 3.80. The van der Waals surface area contributed by atoms with Crippen LogP contribution in [-0.2, 0) is 0 Å². The lowest BCUT2D eigenvalue weighted by Crippen LogP contribution is -2.43. The van der Waals surface area contributed by atoms with Crippen molar-refractivity contribution in [2.24, 2.45) is 11.3 Å². The molecule has 0 saturated heterocycles. The van der Waals surface area contributed by atoms with Crippen molar-refractivity contribution >= 4 is 11.6 Å². The van der Waals surface area contributed by atoms with Crippen LogP contribution in [0.15, 0.2) is 24.3 Å². The molecule has 1 aliphatic carbocycles. The topological polar surface area (TPSA) is 15.3 Å². The minimum absolute atomic E-state index is 0.393. The van der Waals surface area contributed by atoms with Crippen molar-refractivity contribution in [2.45, 2.75) is 45.7 Å². The number of halogens is 1. The molecule has 0 aromatic heterocycles. The fraction of sp³-hybridized carbons (Fsp3) is 0.667. The van der Waals surface area contributed by atoms with E-state index in [2.05, 4.69) is 57.2 Å². The van der Waals surface area contributed by atoms with E-state index in [4.69, 9.17) is 11.6 Å². The van der Waals surface area contributed by atoms with E-state index in [1.807, 2.05) is 12.1 Å².